The first kappa shape index (κ1) is 29.5. The Balaban J connectivity index is 1.13. The van der Waals surface area contributed by atoms with E-state index in [9.17, 15) is 0 Å². The molecule has 4 heteroatoms. The first-order chi connectivity index (χ1) is 26.2. The maximum absolute atomic E-state index is 6.46. The van der Waals surface area contributed by atoms with E-state index in [0.717, 1.165) is 71.3 Å². The van der Waals surface area contributed by atoms with Gasteiger partial charge in [0.05, 0.1) is 0 Å². The Morgan fingerprint density at radius 1 is 0.302 bits per heavy atom. The average molecular weight is 676 g/mol. The lowest BCUT2D eigenvalue weighted by atomic mass is 9.92. The van der Waals surface area contributed by atoms with Gasteiger partial charge < -0.3 is 4.42 Å². The van der Waals surface area contributed by atoms with E-state index in [1.54, 1.807) is 0 Å². The molecule has 246 valence electrons. The van der Waals surface area contributed by atoms with Gasteiger partial charge in [-0.2, -0.15) is 0 Å². The molecule has 0 radical (unpaired) electrons. The highest BCUT2D eigenvalue weighted by Crippen LogP contribution is 2.42. The summed E-state index contributed by atoms with van der Waals surface area (Å²) >= 11 is 0. The van der Waals surface area contributed by atoms with E-state index in [-0.39, 0.29) is 0 Å². The number of hydrogen-bond acceptors (Lipinski definition) is 4. The molecule has 53 heavy (non-hydrogen) atoms. The van der Waals surface area contributed by atoms with Gasteiger partial charge >= 0.3 is 0 Å². The summed E-state index contributed by atoms with van der Waals surface area (Å²) in [6.45, 7) is 0. The fourth-order valence-electron chi connectivity index (χ4n) is 7.88. The highest BCUT2D eigenvalue weighted by atomic mass is 16.3. The molecule has 0 unspecified atom stereocenters. The second kappa shape index (κ2) is 11.7. The smallest absolute Gasteiger partial charge is 0.164 e. The van der Waals surface area contributed by atoms with Crippen LogP contribution in [0.1, 0.15) is 0 Å². The van der Waals surface area contributed by atoms with Crippen LogP contribution in [0, 0.1) is 0 Å². The zero-order valence-electron chi connectivity index (χ0n) is 28.5. The molecule has 11 rings (SSSR count). The van der Waals surface area contributed by atoms with E-state index in [1.807, 2.05) is 0 Å². The molecule has 0 aliphatic carbocycles. The lowest BCUT2D eigenvalue weighted by Crippen LogP contribution is -2.01. The van der Waals surface area contributed by atoms with E-state index in [4.69, 9.17) is 19.4 Å². The zero-order chi connectivity index (χ0) is 34.9. The van der Waals surface area contributed by atoms with Crippen molar-refractivity contribution in [1.29, 1.82) is 0 Å². The van der Waals surface area contributed by atoms with Gasteiger partial charge in [-0.15, -0.1) is 0 Å². The van der Waals surface area contributed by atoms with Gasteiger partial charge in [0.2, 0.25) is 0 Å². The second-order valence-electron chi connectivity index (χ2n) is 13.6. The van der Waals surface area contributed by atoms with E-state index in [0.29, 0.717) is 17.5 Å². The van der Waals surface area contributed by atoms with Crippen molar-refractivity contribution >= 4 is 65.0 Å². The van der Waals surface area contributed by atoms with Crippen molar-refractivity contribution in [3.05, 3.63) is 176 Å². The summed E-state index contributed by atoms with van der Waals surface area (Å²) in [4.78, 5) is 15.5. The van der Waals surface area contributed by atoms with Crippen molar-refractivity contribution in [3.8, 4) is 45.3 Å². The third kappa shape index (κ3) is 4.88. The Morgan fingerprint density at radius 3 is 1.45 bits per heavy atom. The lowest BCUT2D eigenvalue weighted by Gasteiger charge is -2.14. The SMILES string of the molecule is c1ccc2cc(-c3nc(-c4ccc5ccccc5c4)nc(-c4ccc(-c5cccc6oc7cc8ccccc8cc7c56)c5ccccc45)n3)ccc2c1. The fraction of sp³-hybridized carbons (Fsp3) is 0. The highest BCUT2D eigenvalue weighted by Gasteiger charge is 2.19. The molecule has 4 nitrogen and oxygen atoms in total. The van der Waals surface area contributed by atoms with Crippen molar-refractivity contribution in [1.82, 2.24) is 15.0 Å². The average Bonchev–Trinajstić information content (AvgIpc) is 3.59. The van der Waals surface area contributed by atoms with Crippen molar-refractivity contribution in [2.24, 2.45) is 0 Å². The van der Waals surface area contributed by atoms with E-state index < -0.39 is 0 Å². The summed E-state index contributed by atoms with van der Waals surface area (Å²) < 4.78 is 6.46. The number of furan rings is 1. The topological polar surface area (TPSA) is 51.8 Å². The number of fused-ring (bicyclic) bond motifs is 7. The monoisotopic (exact) mass is 675 g/mol. The predicted octanol–water partition coefficient (Wildman–Crippen LogP) is 13.1. The summed E-state index contributed by atoms with van der Waals surface area (Å²) in [6, 6.07) is 61.7. The number of nitrogens with zero attached hydrogens (tertiary/aromatic N) is 3. The number of hydrogen-bond donors (Lipinski definition) is 0. The van der Waals surface area contributed by atoms with Crippen LogP contribution in [0.4, 0.5) is 0 Å². The molecule has 2 heterocycles. The van der Waals surface area contributed by atoms with Gasteiger partial charge in [0.1, 0.15) is 11.2 Å². The Hall–Kier alpha value is -7.17. The zero-order valence-corrected chi connectivity index (χ0v) is 28.5. The first-order valence-electron chi connectivity index (χ1n) is 17.8. The molecule has 11 aromatic rings. The molecule has 0 aliphatic rings. The van der Waals surface area contributed by atoms with E-state index in [2.05, 4.69) is 176 Å². The van der Waals surface area contributed by atoms with Crippen LogP contribution in [-0.2, 0) is 0 Å². The van der Waals surface area contributed by atoms with E-state index in [1.165, 1.54) is 21.5 Å². The van der Waals surface area contributed by atoms with Crippen LogP contribution in [0.5, 0.6) is 0 Å². The quantitative estimate of drug-likeness (QED) is 0.186. The first-order valence-corrected chi connectivity index (χ1v) is 17.8. The summed E-state index contributed by atoms with van der Waals surface area (Å²) in [5.41, 5.74) is 6.86. The van der Waals surface area contributed by atoms with Crippen molar-refractivity contribution in [3.63, 3.8) is 0 Å². The van der Waals surface area contributed by atoms with Crippen LogP contribution in [0.15, 0.2) is 180 Å². The molecule has 0 fully saturated rings. The molecule has 0 saturated heterocycles. The van der Waals surface area contributed by atoms with Crippen molar-refractivity contribution in [2.45, 2.75) is 0 Å². The maximum Gasteiger partial charge on any atom is 0.164 e. The molecule has 0 aliphatic heterocycles. The van der Waals surface area contributed by atoms with Crippen LogP contribution in [0.25, 0.3) is 110 Å². The van der Waals surface area contributed by atoms with Gasteiger partial charge in [-0.3, -0.25) is 0 Å². The molecule has 0 bridgehead atoms. The van der Waals surface area contributed by atoms with Gasteiger partial charge in [-0.25, -0.2) is 15.0 Å². The van der Waals surface area contributed by atoms with Gasteiger partial charge in [0, 0.05) is 27.5 Å². The Bertz CT molecular complexity index is 3150. The van der Waals surface area contributed by atoms with Crippen molar-refractivity contribution < 1.29 is 4.42 Å². The van der Waals surface area contributed by atoms with E-state index >= 15 is 0 Å². The number of aromatic nitrogens is 3. The molecule has 0 N–H and O–H groups in total. The minimum Gasteiger partial charge on any atom is -0.456 e. The second-order valence-corrected chi connectivity index (χ2v) is 13.6. The Morgan fingerprint density at radius 2 is 0.811 bits per heavy atom. The lowest BCUT2D eigenvalue weighted by molar-refractivity contribution is 0.669. The number of rotatable bonds is 4. The molecular weight excluding hydrogens is 647 g/mol. The standard InChI is InChI=1S/C49H29N3O/c1-3-12-32-26-36(22-20-30(32)10-1)47-50-48(37-23-21-31-11-2-4-13-33(31)27-37)52-49(51-47)42-25-24-40(38-16-7-8-17-39(38)42)41-18-9-19-44-46(41)43-28-34-14-5-6-15-35(34)29-45(43)53-44/h1-29H. The van der Waals surface area contributed by atoms with Gasteiger partial charge in [0.25, 0.3) is 0 Å². The molecular formula is C49H29N3O. The van der Waals surface area contributed by atoms with Crippen LogP contribution in [0.2, 0.25) is 0 Å². The molecule has 0 saturated carbocycles. The normalized spacial score (nSPS) is 11.8. The van der Waals surface area contributed by atoms with Crippen LogP contribution >= 0.6 is 0 Å². The summed E-state index contributed by atoms with van der Waals surface area (Å²) in [5.74, 6) is 1.91. The molecule has 0 spiro atoms. The Kier molecular flexibility index (Phi) is 6.52. The molecule has 0 amide bonds. The van der Waals surface area contributed by atoms with Gasteiger partial charge in [-0.1, -0.05) is 140 Å². The summed E-state index contributed by atoms with van der Waals surface area (Å²) in [7, 11) is 0. The minimum absolute atomic E-state index is 0.632. The third-order valence-electron chi connectivity index (χ3n) is 10.5. The summed E-state index contributed by atoms with van der Waals surface area (Å²) in [5, 5.41) is 11.4. The maximum atomic E-state index is 6.46. The molecule has 2 aromatic heterocycles. The minimum atomic E-state index is 0.632. The Labute approximate surface area is 304 Å². The predicted molar refractivity (Wildman–Crippen MR) is 219 cm³/mol. The van der Waals surface area contributed by atoms with Crippen LogP contribution in [-0.4, -0.2) is 15.0 Å². The third-order valence-corrected chi connectivity index (χ3v) is 10.5. The van der Waals surface area contributed by atoms with Gasteiger partial charge in [0.15, 0.2) is 17.5 Å². The van der Waals surface area contributed by atoms with Crippen molar-refractivity contribution in [2.75, 3.05) is 0 Å². The summed E-state index contributed by atoms with van der Waals surface area (Å²) in [6.07, 6.45) is 0. The molecule has 0 atom stereocenters. The van der Waals surface area contributed by atoms with Crippen LogP contribution in [0.3, 0.4) is 0 Å². The van der Waals surface area contributed by atoms with Gasteiger partial charge in [-0.05, 0) is 90.6 Å². The van der Waals surface area contributed by atoms with Crippen LogP contribution < -0.4 is 0 Å². The fourth-order valence-corrected chi connectivity index (χ4v) is 7.88. The largest absolute Gasteiger partial charge is 0.456 e. The number of benzene rings is 9. The molecule has 9 aromatic carbocycles. The highest BCUT2D eigenvalue weighted by molar-refractivity contribution is 6.18.